The zero-order valence-electron chi connectivity index (χ0n) is 55.7. The number of fused-ring (bicyclic) bond motifs is 31. The standard InChI is InChI=1S/2C26H15NO.2C22H13NO/c1-3-7-17-11-23-19(9-15(17)5-1)20-13-22-21-10-16-6-2-4-8-18(16)12-25(21)28-26(22)14-24(20)27-23;1-2-6-16-10-18-12-25-21(11-17(18)9-15(16)5-1)22-13-24-20(14-26(22)28-25)19-7-3-4-8-23(19)27-24;1-2-6-14-10-19-16(9-13(14)5-1)17-12-22-18(11-20(17)23-19)15-7-3-4-8-21(15)24-22;1-2-6-14-13(5-1)9-10-16-18-11-20-17(12-21(18)24-22(14)16)15-7-3-4-8-19(15)23-20/h2*1-14,27H;2*1-12,23H. The van der Waals surface area contributed by atoms with Crippen LogP contribution < -0.4 is 0 Å². The van der Waals surface area contributed by atoms with Gasteiger partial charge in [0.05, 0.1) is 5.52 Å². The lowest BCUT2D eigenvalue weighted by molar-refractivity contribution is 0.669. The summed E-state index contributed by atoms with van der Waals surface area (Å²) in [6.45, 7) is 0. The molecule has 8 heteroatoms. The van der Waals surface area contributed by atoms with Gasteiger partial charge < -0.3 is 37.6 Å². The number of benzene rings is 18. The number of nitrogens with one attached hydrogen (secondary N) is 4. The number of para-hydroxylation sites is 3. The lowest BCUT2D eigenvalue weighted by atomic mass is 10.0. The molecule has 0 bridgehead atoms. The molecular weight excluding hydrogens is 1270 g/mol. The minimum absolute atomic E-state index is 0.925. The Labute approximate surface area is 589 Å². The van der Waals surface area contributed by atoms with Crippen molar-refractivity contribution in [2.45, 2.75) is 0 Å². The summed E-state index contributed by atoms with van der Waals surface area (Å²) in [5.74, 6) is 0. The van der Waals surface area contributed by atoms with Crippen LogP contribution in [0.15, 0.2) is 333 Å². The lowest BCUT2D eigenvalue weighted by Gasteiger charge is -2.02. The van der Waals surface area contributed by atoms with Gasteiger partial charge in [-0.3, -0.25) is 0 Å². The molecule has 104 heavy (non-hydrogen) atoms. The van der Waals surface area contributed by atoms with Gasteiger partial charge in [-0.1, -0.05) is 182 Å². The van der Waals surface area contributed by atoms with E-state index in [1.165, 1.54) is 140 Å². The Balaban J connectivity index is 0.0000000850. The van der Waals surface area contributed by atoms with E-state index in [-0.39, 0.29) is 0 Å². The molecule has 0 saturated heterocycles. The van der Waals surface area contributed by atoms with Crippen LogP contribution in [-0.4, -0.2) is 19.9 Å². The Morgan fingerprint density at radius 3 is 1.01 bits per heavy atom. The van der Waals surface area contributed by atoms with Crippen molar-refractivity contribution in [1.82, 2.24) is 19.9 Å². The van der Waals surface area contributed by atoms with Crippen LogP contribution in [-0.2, 0) is 0 Å². The Hall–Kier alpha value is -14.1. The van der Waals surface area contributed by atoms with Crippen molar-refractivity contribution in [2.75, 3.05) is 0 Å². The van der Waals surface area contributed by atoms with Gasteiger partial charge in [0, 0.05) is 136 Å². The molecule has 0 amide bonds. The highest BCUT2D eigenvalue weighted by molar-refractivity contribution is 6.24. The molecule has 8 nitrogen and oxygen atoms in total. The fraction of sp³-hybridized carbons (Fsp3) is 0. The fourth-order valence-electron chi connectivity index (χ4n) is 16.8. The number of aromatic nitrogens is 4. The first-order valence-corrected chi connectivity index (χ1v) is 35.3. The van der Waals surface area contributed by atoms with E-state index < -0.39 is 0 Å². The maximum atomic E-state index is 6.29. The molecule has 0 aliphatic heterocycles. The maximum Gasteiger partial charge on any atom is 0.143 e. The molecular formula is C96H56N4O4. The van der Waals surface area contributed by atoms with Crippen LogP contribution in [0.1, 0.15) is 0 Å². The predicted octanol–water partition coefficient (Wildman–Crippen LogP) is 27.8. The number of hydrogen-bond donors (Lipinski definition) is 4. The van der Waals surface area contributed by atoms with Crippen LogP contribution in [0.3, 0.4) is 0 Å². The first kappa shape index (κ1) is 56.8. The third kappa shape index (κ3) is 8.79. The number of H-pyrrole nitrogens is 4. The van der Waals surface area contributed by atoms with Crippen molar-refractivity contribution in [3.05, 3.63) is 315 Å². The van der Waals surface area contributed by atoms with Crippen molar-refractivity contribution in [1.29, 1.82) is 0 Å². The zero-order chi connectivity index (χ0) is 67.8. The van der Waals surface area contributed by atoms with E-state index in [1.54, 1.807) is 0 Å². The van der Waals surface area contributed by atoms with Crippen LogP contribution >= 0.6 is 0 Å². The Kier molecular flexibility index (Phi) is 11.9. The third-order valence-electron chi connectivity index (χ3n) is 21.8. The van der Waals surface area contributed by atoms with Gasteiger partial charge in [-0.25, -0.2) is 0 Å². The molecule has 26 rings (SSSR count). The van der Waals surface area contributed by atoms with Gasteiger partial charge in [0.25, 0.3) is 0 Å². The van der Waals surface area contributed by atoms with E-state index in [9.17, 15) is 0 Å². The highest BCUT2D eigenvalue weighted by Crippen LogP contribution is 2.43. The molecule has 484 valence electrons. The predicted molar refractivity (Wildman–Crippen MR) is 437 cm³/mol. The van der Waals surface area contributed by atoms with E-state index in [2.05, 4.69) is 323 Å². The quantitative estimate of drug-likeness (QED) is 0.113. The molecule has 8 aromatic heterocycles. The molecule has 0 aliphatic rings. The summed E-state index contributed by atoms with van der Waals surface area (Å²) in [4.78, 5) is 14.2. The number of hydrogen-bond acceptors (Lipinski definition) is 4. The highest BCUT2D eigenvalue weighted by atomic mass is 16.3. The van der Waals surface area contributed by atoms with Crippen molar-refractivity contribution in [3.8, 4) is 0 Å². The number of rotatable bonds is 0. The van der Waals surface area contributed by atoms with E-state index in [0.29, 0.717) is 0 Å². The largest absolute Gasteiger partial charge is 0.456 e. The van der Waals surface area contributed by atoms with Gasteiger partial charge in [-0.2, -0.15) is 0 Å². The van der Waals surface area contributed by atoms with Gasteiger partial charge in [0.1, 0.15) is 44.7 Å². The molecule has 0 unspecified atom stereocenters. The minimum Gasteiger partial charge on any atom is -0.456 e. The van der Waals surface area contributed by atoms with Crippen LogP contribution in [0.25, 0.3) is 240 Å². The van der Waals surface area contributed by atoms with E-state index in [1.807, 2.05) is 12.1 Å². The van der Waals surface area contributed by atoms with Crippen molar-refractivity contribution >= 4 is 240 Å². The van der Waals surface area contributed by atoms with Crippen LogP contribution in [0.4, 0.5) is 0 Å². The molecule has 0 radical (unpaired) electrons. The SMILES string of the molecule is c1ccc2c(c1)ccc1c3cc4[nH]c5ccccc5c4cc3oc21.c1ccc2cc3c(cc2c1)[nH]c1cc2c(cc13)oc1ccccc12.c1ccc2cc3c(cc2c1)[nH]c1cc2oc4cc5ccccc5cc4c2cc13.c1ccc2cc3cc4c(cc3cc2c1)oc1cc2c(cc14)[nH]c1ccccc12. The van der Waals surface area contributed by atoms with Gasteiger partial charge in [0.15, 0.2) is 0 Å². The molecule has 8 heterocycles. The van der Waals surface area contributed by atoms with Gasteiger partial charge in [-0.05, 0) is 187 Å². The minimum atomic E-state index is 0.925. The number of furan rings is 4. The summed E-state index contributed by atoms with van der Waals surface area (Å²) in [7, 11) is 0. The molecule has 0 aliphatic carbocycles. The average molecular weight is 1330 g/mol. The first-order chi connectivity index (χ1) is 51.4. The topological polar surface area (TPSA) is 116 Å². The van der Waals surface area contributed by atoms with Crippen LogP contribution in [0, 0.1) is 0 Å². The molecule has 18 aromatic carbocycles. The van der Waals surface area contributed by atoms with Crippen molar-refractivity contribution in [2.24, 2.45) is 0 Å². The smallest absolute Gasteiger partial charge is 0.143 e. The van der Waals surface area contributed by atoms with Gasteiger partial charge in [0.2, 0.25) is 0 Å². The summed E-state index contributed by atoms with van der Waals surface area (Å²) in [6.07, 6.45) is 0. The maximum absolute atomic E-state index is 6.29. The second-order valence-corrected chi connectivity index (χ2v) is 27.8. The van der Waals surface area contributed by atoms with Crippen molar-refractivity contribution in [3.63, 3.8) is 0 Å². The Morgan fingerprint density at radius 2 is 0.442 bits per heavy atom. The van der Waals surface area contributed by atoms with Crippen LogP contribution in [0.2, 0.25) is 0 Å². The van der Waals surface area contributed by atoms with E-state index in [4.69, 9.17) is 17.7 Å². The summed E-state index contributed by atoms with van der Waals surface area (Å²) in [5, 5.41) is 34.0. The molecule has 0 fully saturated rings. The van der Waals surface area contributed by atoms with Gasteiger partial charge in [-0.15, -0.1) is 0 Å². The molecule has 0 atom stereocenters. The monoisotopic (exact) mass is 1330 g/mol. The lowest BCUT2D eigenvalue weighted by Crippen LogP contribution is -1.76. The second kappa shape index (κ2) is 21.7. The summed E-state index contributed by atoms with van der Waals surface area (Å²) < 4.78 is 24.8. The zero-order valence-corrected chi connectivity index (χ0v) is 55.7. The molecule has 26 aromatic rings. The fourth-order valence-corrected chi connectivity index (χ4v) is 16.8. The average Bonchev–Trinajstić information content (AvgIpc) is 1.58. The van der Waals surface area contributed by atoms with Gasteiger partial charge >= 0.3 is 0 Å². The summed E-state index contributed by atoms with van der Waals surface area (Å²) >= 11 is 0. The molecule has 4 N–H and O–H groups in total. The molecule has 0 spiro atoms. The summed E-state index contributed by atoms with van der Waals surface area (Å²) in [5.41, 5.74) is 16.8. The normalized spacial score (nSPS) is 12.2. The number of aromatic amines is 4. The van der Waals surface area contributed by atoms with Crippen molar-refractivity contribution < 1.29 is 17.7 Å². The van der Waals surface area contributed by atoms with E-state index in [0.717, 1.165) is 99.4 Å². The van der Waals surface area contributed by atoms with Crippen LogP contribution in [0.5, 0.6) is 0 Å². The Morgan fingerprint density at radius 1 is 0.135 bits per heavy atom. The first-order valence-electron chi connectivity index (χ1n) is 35.3. The van der Waals surface area contributed by atoms with E-state index >= 15 is 0 Å². The highest BCUT2D eigenvalue weighted by Gasteiger charge is 2.19. The molecule has 0 saturated carbocycles. The second-order valence-electron chi connectivity index (χ2n) is 27.8. The Bertz CT molecular complexity index is 7940. The third-order valence-corrected chi connectivity index (χ3v) is 21.8. The summed E-state index contributed by atoms with van der Waals surface area (Å²) in [6, 6.07) is 112.